The molecule has 0 spiro atoms. The van der Waals surface area contributed by atoms with Gasteiger partial charge in [0.25, 0.3) is 0 Å². The summed E-state index contributed by atoms with van der Waals surface area (Å²) in [7, 11) is 0. The second-order valence-electron chi connectivity index (χ2n) is 5.82. The Morgan fingerprint density at radius 2 is 1.72 bits per heavy atom. The van der Waals surface area contributed by atoms with Crippen molar-refractivity contribution >= 4 is 22.6 Å². The number of hydroxylamine groups is 1. The maximum atomic E-state index is 12.4. The van der Waals surface area contributed by atoms with Crippen molar-refractivity contribution in [2.24, 2.45) is 0 Å². The van der Waals surface area contributed by atoms with Gasteiger partial charge in [0.15, 0.2) is 0 Å². The first kappa shape index (κ1) is 18.9. The summed E-state index contributed by atoms with van der Waals surface area (Å²) in [6.07, 6.45) is 3.10. The minimum atomic E-state index is -0.386. The quantitative estimate of drug-likeness (QED) is 0.315. The van der Waals surface area contributed by atoms with E-state index in [0.29, 0.717) is 25.4 Å². The van der Waals surface area contributed by atoms with E-state index < -0.39 is 0 Å². The number of benzene rings is 2. The lowest BCUT2D eigenvalue weighted by Gasteiger charge is -2.17. The van der Waals surface area contributed by atoms with Crippen LogP contribution in [0.4, 0.5) is 0 Å². The Kier molecular flexibility index (Phi) is 7.41. The minimum Gasteiger partial charge on any atom is -0.465 e. The highest BCUT2D eigenvalue weighted by atomic mass is 16.5. The molecule has 0 atom stereocenters. The average molecular weight is 342 g/mol. The van der Waals surface area contributed by atoms with Crippen molar-refractivity contribution in [1.82, 2.24) is 5.48 Å². The van der Waals surface area contributed by atoms with Crippen LogP contribution in [0.3, 0.4) is 0 Å². The zero-order valence-electron chi connectivity index (χ0n) is 14.5. The van der Waals surface area contributed by atoms with Gasteiger partial charge < -0.3 is 4.74 Å². The van der Waals surface area contributed by atoms with E-state index in [-0.39, 0.29) is 18.3 Å². The molecule has 0 aliphatic rings. The fourth-order valence-corrected chi connectivity index (χ4v) is 2.87. The fourth-order valence-electron chi connectivity index (χ4n) is 2.87. The molecule has 0 fully saturated rings. The van der Waals surface area contributed by atoms with Crippen LogP contribution in [0.5, 0.6) is 0 Å². The van der Waals surface area contributed by atoms with Crippen LogP contribution in [-0.4, -0.2) is 23.7 Å². The SMILES string of the molecule is CCOC(=O)[C](CCCCCC(=O)NO)c1cccc2ccccc12. The van der Waals surface area contributed by atoms with Crippen LogP contribution in [0, 0.1) is 5.92 Å². The molecule has 2 rings (SSSR count). The van der Waals surface area contributed by atoms with Crippen LogP contribution < -0.4 is 5.48 Å². The summed E-state index contributed by atoms with van der Waals surface area (Å²) in [5.41, 5.74) is 2.53. The predicted molar refractivity (Wildman–Crippen MR) is 95.9 cm³/mol. The number of nitrogens with one attached hydrogen (secondary N) is 1. The van der Waals surface area contributed by atoms with Gasteiger partial charge in [-0.25, -0.2) is 5.48 Å². The van der Waals surface area contributed by atoms with Crippen molar-refractivity contribution in [3.05, 3.63) is 53.9 Å². The second kappa shape index (κ2) is 9.79. The number of fused-ring (bicyclic) bond motifs is 1. The molecule has 0 saturated heterocycles. The number of unbranched alkanes of at least 4 members (excludes halogenated alkanes) is 2. The zero-order valence-corrected chi connectivity index (χ0v) is 14.5. The number of carbonyl (C=O) groups is 2. The topological polar surface area (TPSA) is 75.6 Å². The predicted octanol–water partition coefficient (Wildman–Crippen LogP) is 3.78. The number of carbonyl (C=O) groups excluding carboxylic acids is 2. The molecule has 1 amide bonds. The number of hydrogen-bond acceptors (Lipinski definition) is 4. The fraction of sp³-hybridized carbons (Fsp3) is 0.350. The highest BCUT2D eigenvalue weighted by Gasteiger charge is 2.24. The van der Waals surface area contributed by atoms with E-state index in [1.54, 1.807) is 12.4 Å². The summed E-state index contributed by atoms with van der Waals surface area (Å²) in [6, 6.07) is 13.9. The Hall–Kier alpha value is -2.40. The Bertz CT molecular complexity index is 708. The van der Waals surface area contributed by atoms with Gasteiger partial charge in [-0.1, -0.05) is 55.3 Å². The van der Waals surface area contributed by atoms with Gasteiger partial charge in [0.1, 0.15) is 5.92 Å². The lowest BCUT2D eigenvalue weighted by Crippen LogP contribution is -2.18. The monoisotopic (exact) mass is 342 g/mol. The molecular weight excluding hydrogens is 318 g/mol. The van der Waals surface area contributed by atoms with E-state index in [0.717, 1.165) is 29.2 Å². The number of esters is 1. The molecular formula is C20H24NO4. The van der Waals surface area contributed by atoms with Crippen molar-refractivity contribution in [3.8, 4) is 0 Å². The Labute approximate surface area is 147 Å². The first-order valence-corrected chi connectivity index (χ1v) is 8.61. The smallest absolute Gasteiger partial charge is 0.318 e. The molecule has 0 unspecified atom stereocenters. The van der Waals surface area contributed by atoms with E-state index in [4.69, 9.17) is 9.94 Å². The average Bonchev–Trinajstić information content (AvgIpc) is 2.64. The molecule has 0 aliphatic carbocycles. The summed E-state index contributed by atoms with van der Waals surface area (Å²) in [5.74, 6) is 0.000799. The standard InChI is InChI=1S/C20H24NO4/c1-2-25-20(23)18(12-4-3-5-14-19(22)21-24)17-13-8-10-15-9-6-7-11-16(15)17/h6-11,13,24H,2-5,12,14H2,1H3,(H,21,22). The molecule has 5 nitrogen and oxygen atoms in total. The van der Waals surface area contributed by atoms with Gasteiger partial charge in [-0.3, -0.25) is 14.8 Å². The van der Waals surface area contributed by atoms with Gasteiger partial charge in [-0.15, -0.1) is 0 Å². The van der Waals surface area contributed by atoms with Crippen LogP contribution in [0.15, 0.2) is 42.5 Å². The van der Waals surface area contributed by atoms with Crippen LogP contribution in [-0.2, 0) is 14.3 Å². The van der Waals surface area contributed by atoms with E-state index in [9.17, 15) is 9.59 Å². The lowest BCUT2D eigenvalue weighted by molar-refractivity contribution is -0.140. The van der Waals surface area contributed by atoms with E-state index in [1.807, 2.05) is 42.5 Å². The van der Waals surface area contributed by atoms with E-state index in [1.165, 1.54) is 0 Å². The van der Waals surface area contributed by atoms with Gasteiger partial charge in [0, 0.05) is 6.42 Å². The lowest BCUT2D eigenvalue weighted by atomic mass is 9.89. The molecule has 0 bridgehead atoms. The summed E-state index contributed by atoms with van der Waals surface area (Å²) in [6.45, 7) is 2.13. The van der Waals surface area contributed by atoms with Crippen molar-refractivity contribution < 1.29 is 19.5 Å². The molecule has 0 saturated carbocycles. The number of hydrogen-bond donors (Lipinski definition) is 2. The number of rotatable bonds is 9. The molecule has 2 aromatic rings. The third-order valence-corrected chi connectivity index (χ3v) is 4.09. The molecule has 5 heteroatoms. The first-order valence-electron chi connectivity index (χ1n) is 8.61. The first-order chi connectivity index (χ1) is 12.2. The Morgan fingerprint density at radius 3 is 2.48 bits per heavy atom. The summed E-state index contributed by atoms with van der Waals surface area (Å²) in [5, 5.41) is 10.6. The summed E-state index contributed by atoms with van der Waals surface area (Å²) < 4.78 is 5.25. The zero-order chi connectivity index (χ0) is 18.1. The molecule has 1 radical (unpaired) electrons. The largest absolute Gasteiger partial charge is 0.465 e. The third-order valence-electron chi connectivity index (χ3n) is 4.09. The maximum Gasteiger partial charge on any atom is 0.318 e. The van der Waals surface area contributed by atoms with Gasteiger partial charge in [-0.05, 0) is 36.1 Å². The van der Waals surface area contributed by atoms with E-state index >= 15 is 0 Å². The van der Waals surface area contributed by atoms with Gasteiger partial charge >= 0.3 is 5.97 Å². The summed E-state index contributed by atoms with van der Waals surface area (Å²) >= 11 is 0. The Balaban J connectivity index is 2.10. The molecule has 2 aromatic carbocycles. The second-order valence-corrected chi connectivity index (χ2v) is 5.82. The third kappa shape index (κ3) is 5.29. The highest BCUT2D eigenvalue weighted by molar-refractivity contribution is 5.97. The van der Waals surface area contributed by atoms with Gasteiger partial charge in [0.2, 0.25) is 5.91 Å². The van der Waals surface area contributed by atoms with Crippen molar-refractivity contribution in [2.75, 3.05) is 6.61 Å². The van der Waals surface area contributed by atoms with Crippen LogP contribution >= 0.6 is 0 Å². The van der Waals surface area contributed by atoms with Crippen LogP contribution in [0.25, 0.3) is 10.8 Å². The van der Waals surface area contributed by atoms with Crippen molar-refractivity contribution in [2.45, 2.75) is 39.0 Å². The van der Waals surface area contributed by atoms with Crippen LogP contribution in [0.2, 0.25) is 0 Å². The molecule has 25 heavy (non-hydrogen) atoms. The van der Waals surface area contributed by atoms with Gasteiger partial charge in [0.05, 0.1) is 6.61 Å². The molecule has 0 aromatic heterocycles. The minimum absolute atomic E-state index is 0.277. The molecule has 2 N–H and O–H groups in total. The van der Waals surface area contributed by atoms with E-state index in [2.05, 4.69) is 0 Å². The van der Waals surface area contributed by atoms with Gasteiger partial charge in [-0.2, -0.15) is 0 Å². The maximum absolute atomic E-state index is 12.4. The Morgan fingerprint density at radius 1 is 1.00 bits per heavy atom. The molecule has 0 heterocycles. The molecule has 133 valence electrons. The van der Waals surface area contributed by atoms with Crippen LogP contribution in [0.1, 0.15) is 44.6 Å². The summed E-state index contributed by atoms with van der Waals surface area (Å²) in [4.78, 5) is 23.5. The van der Waals surface area contributed by atoms with Crippen molar-refractivity contribution in [3.63, 3.8) is 0 Å². The van der Waals surface area contributed by atoms with Crippen molar-refractivity contribution in [1.29, 1.82) is 0 Å². The number of amides is 1. The normalized spacial score (nSPS) is 10.8. The number of ether oxygens (including phenoxy) is 1. The molecule has 0 aliphatic heterocycles. The highest BCUT2D eigenvalue weighted by Crippen LogP contribution is 2.30.